The van der Waals surface area contributed by atoms with Crippen molar-refractivity contribution in [2.45, 2.75) is 301 Å². The highest BCUT2D eigenvalue weighted by atomic mass is 19.2. The summed E-state index contributed by atoms with van der Waals surface area (Å²) >= 11 is 0. The zero-order valence-electron chi connectivity index (χ0n) is 77.8. The molecule has 38 nitrogen and oxygen atoms in total. The van der Waals surface area contributed by atoms with Crippen LogP contribution >= 0.6 is 0 Å². The number of carboxylic acids is 1. The van der Waals surface area contributed by atoms with Crippen LogP contribution in [0.5, 0.6) is 5.75 Å². The van der Waals surface area contributed by atoms with Crippen molar-refractivity contribution >= 4 is 110 Å². The first-order valence-corrected chi connectivity index (χ1v) is 45.3. The number of aromatic nitrogens is 1. The standard InChI is InChI=1S/C93H137F2N17O21/c1-52(2)25-32-69-89(131)106-93(11,91(133)104-74(51-113)80(122)50-99-54(5)75(117)37-40-98-56(7)78(120)47-96)39-22-18-16-14-12-13-15-17-21-38-92(10,105-90(132)73(44-60-28-31-64(94)65(95)42-60)111-112-83(57(8)114)86(128)84(126)71(41-53(3)4)102-58(9)115)87(129)85(127)68(34-36-82(124)125)103-88(130)72(43-59-26-29-62(116)30-27-59)110-109-70(45-61-48-101-66-24-20-19-23-63(61)66)79(121)49-100-55(6)76(118)46-77(119)67(107-108-69)33-35-81(97)123/h14,16,19-20,23-24,26-31,42,48,52-57,67-74,83,98-101,107-114,116H,12-13,15,17-18,21-22,25,32-41,43-47,49-51,96H2,1-11H3,(H2,97,123)(H,102,115)(H,103,130)(H,104,133)(H,105,132)(H,106,131)(H,124,125)/t54-,55-,56-,57+,67-,68-,69-,70-,71-,72-,73-,74-,83-,92+,93-/m0/s1. The Kier molecular flexibility index (Phi) is 47.7. The number of nitrogens with one attached hydrogen (secondary N) is 15. The Morgan fingerprint density at radius 3 is 1.90 bits per heavy atom. The van der Waals surface area contributed by atoms with Gasteiger partial charge in [-0.15, -0.1) is 0 Å². The molecule has 0 spiro atoms. The summed E-state index contributed by atoms with van der Waals surface area (Å²) in [4.78, 5) is 242. The number of carboxylic acid groups (broad SMARTS) is 1. The van der Waals surface area contributed by atoms with Crippen molar-refractivity contribution in [3.8, 4) is 5.75 Å². The number of amides is 6. The highest BCUT2D eigenvalue weighted by Crippen LogP contribution is 2.25. The molecule has 734 valence electrons. The molecule has 1 aliphatic rings. The van der Waals surface area contributed by atoms with Gasteiger partial charge in [-0.25, -0.2) is 41.3 Å². The Hall–Kier alpha value is -10.9. The minimum absolute atomic E-state index is 0.00903. The molecule has 0 saturated carbocycles. The van der Waals surface area contributed by atoms with Crippen molar-refractivity contribution in [3.63, 3.8) is 0 Å². The molecular formula is C93H137F2N17O21. The maximum absolute atomic E-state index is 15.6. The van der Waals surface area contributed by atoms with Gasteiger partial charge < -0.3 is 79.4 Å². The second-order valence-electron chi connectivity index (χ2n) is 35.5. The number of aromatic hydroxyl groups is 1. The van der Waals surface area contributed by atoms with Crippen LogP contribution in [0.2, 0.25) is 0 Å². The molecule has 133 heavy (non-hydrogen) atoms. The van der Waals surface area contributed by atoms with Crippen molar-refractivity contribution in [2.75, 3.05) is 32.8 Å². The number of Topliss-reactive ketones (excluding diaryl/α,β-unsaturated/α-hetero) is 10. The highest BCUT2D eigenvalue weighted by molar-refractivity contribution is 6.43. The molecule has 1 aromatic heterocycles. The van der Waals surface area contributed by atoms with Crippen LogP contribution in [0, 0.1) is 23.5 Å². The molecule has 0 fully saturated rings. The number of hydrogen-bond acceptors (Lipinski definition) is 30. The van der Waals surface area contributed by atoms with E-state index >= 15 is 23.6 Å². The number of fused-ring (bicyclic) bond motifs is 1. The van der Waals surface area contributed by atoms with E-state index in [9.17, 15) is 87.1 Å². The van der Waals surface area contributed by atoms with Gasteiger partial charge in [0.15, 0.2) is 46.3 Å². The fraction of sp³-hybridized carbons (Fsp3) is 0.581. The Balaban J connectivity index is 1.63. The summed E-state index contributed by atoms with van der Waals surface area (Å²) < 4.78 is 29.7. The van der Waals surface area contributed by atoms with E-state index in [2.05, 4.69) is 80.1 Å². The van der Waals surface area contributed by atoms with Gasteiger partial charge in [0.1, 0.15) is 41.0 Å². The van der Waals surface area contributed by atoms with E-state index in [1.165, 1.54) is 52.0 Å². The SMILES string of the molecule is CC(=O)N[C@@H](CC(C)C)C(=O)C(=O)[C@@H](NN[C@@H](Cc1ccc(F)c(F)c1)C(=O)N[C@]1(C)CCCCCCC=CCCC[C@@](C)(C(=O)N[C@@H](CO)C(=O)CN[C@@H](C)C(=O)CCN[C@@H](C)C(=O)CN)NC(=O)[C@H](CCC(C)C)NN[C@@H](CCC(N)=O)C(=O)CC(=O)[C@H](C)NCC(=O)[C@H](Cc2c[nH]c3ccccc23)NN[C@@H](Cc2ccc(O)cc2)C(=O)N[C@@H](CCC(=O)O)C(=O)C1=O)[C@@H](C)O. The minimum Gasteiger partial charge on any atom is -0.508 e. The number of ketones is 10. The van der Waals surface area contributed by atoms with Crippen LogP contribution in [0.25, 0.3) is 10.9 Å². The lowest BCUT2D eigenvalue weighted by atomic mass is 9.84. The number of rotatable bonds is 41. The van der Waals surface area contributed by atoms with E-state index in [-0.39, 0.29) is 131 Å². The van der Waals surface area contributed by atoms with Gasteiger partial charge in [-0.05, 0) is 190 Å². The van der Waals surface area contributed by atoms with Crippen molar-refractivity contribution < 1.29 is 111 Å². The lowest BCUT2D eigenvalue weighted by Gasteiger charge is -2.33. The molecule has 4 aromatic rings. The maximum atomic E-state index is 15.6. The second-order valence-corrected chi connectivity index (χ2v) is 35.5. The largest absolute Gasteiger partial charge is 0.508 e. The van der Waals surface area contributed by atoms with Gasteiger partial charge in [0, 0.05) is 49.8 Å². The normalized spacial score (nSPS) is 22.0. The van der Waals surface area contributed by atoms with E-state index in [1.54, 1.807) is 51.2 Å². The Morgan fingerprint density at radius 1 is 0.624 bits per heavy atom. The van der Waals surface area contributed by atoms with Gasteiger partial charge in [0.25, 0.3) is 0 Å². The number of hydrazine groups is 3. The zero-order valence-corrected chi connectivity index (χ0v) is 77.8. The number of phenolic OH excluding ortho intramolecular Hbond substituents is 1. The number of aliphatic hydroxyl groups is 2. The van der Waals surface area contributed by atoms with Crippen molar-refractivity contribution in [1.82, 2.24) is 80.1 Å². The van der Waals surface area contributed by atoms with Crippen LogP contribution in [0.1, 0.15) is 208 Å². The number of aromatic amines is 1. The molecule has 6 amide bonds. The smallest absolute Gasteiger partial charge is 0.303 e. The van der Waals surface area contributed by atoms with Crippen LogP contribution < -0.4 is 86.6 Å². The number of para-hydroxylation sites is 1. The van der Waals surface area contributed by atoms with Gasteiger partial charge in [0.05, 0.1) is 87.1 Å². The number of halogens is 2. The van der Waals surface area contributed by atoms with E-state index in [1.807, 2.05) is 26.0 Å². The molecule has 0 aliphatic carbocycles. The van der Waals surface area contributed by atoms with Crippen LogP contribution in [-0.2, 0) is 101 Å². The first kappa shape index (κ1) is 113. The quantitative estimate of drug-likeness (QED) is 0.0129. The van der Waals surface area contributed by atoms with Crippen molar-refractivity contribution in [1.29, 1.82) is 0 Å². The van der Waals surface area contributed by atoms with Crippen molar-refractivity contribution in [3.05, 3.63) is 113 Å². The number of aliphatic hydroxyl groups excluding tert-OH is 2. The van der Waals surface area contributed by atoms with Gasteiger partial charge in [0.2, 0.25) is 58.6 Å². The molecule has 0 saturated heterocycles. The molecule has 0 unspecified atom stereocenters. The average Bonchev–Trinajstić information content (AvgIpc) is 1.60. The Labute approximate surface area is 773 Å². The van der Waals surface area contributed by atoms with Crippen LogP contribution in [0.3, 0.4) is 0 Å². The lowest BCUT2D eigenvalue weighted by Crippen LogP contribution is -2.65. The number of aliphatic carboxylic acids is 1. The third-order valence-corrected chi connectivity index (χ3v) is 23.2. The minimum atomic E-state index is -2.34. The van der Waals surface area contributed by atoms with Crippen LogP contribution in [-0.4, -0.2) is 247 Å². The first-order chi connectivity index (χ1) is 62.8. The summed E-state index contributed by atoms with van der Waals surface area (Å²) in [6.07, 6.45) is 1.53. The highest BCUT2D eigenvalue weighted by Gasteiger charge is 2.45. The summed E-state index contributed by atoms with van der Waals surface area (Å²) in [6.45, 7) is 14.5. The summed E-state index contributed by atoms with van der Waals surface area (Å²) in [6, 6.07) is -1.64. The van der Waals surface area contributed by atoms with E-state index in [0.29, 0.717) is 47.7 Å². The Morgan fingerprint density at radius 2 is 1.26 bits per heavy atom. The number of H-pyrrole nitrogens is 1. The van der Waals surface area contributed by atoms with E-state index in [4.69, 9.17) is 11.5 Å². The Bertz CT molecular complexity index is 4680. The van der Waals surface area contributed by atoms with Crippen LogP contribution in [0.4, 0.5) is 8.78 Å². The third kappa shape index (κ3) is 38.2. The zero-order chi connectivity index (χ0) is 99.0. The summed E-state index contributed by atoms with van der Waals surface area (Å²) in [7, 11) is 0. The first-order valence-electron chi connectivity index (χ1n) is 45.3. The second kappa shape index (κ2) is 56.3. The van der Waals surface area contributed by atoms with Crippen molar-refractivity contribution in [2.24, 2.45) is 23.3 Å². The number of hydrogen-bond donors (Lipinski definition) is 21. The number of nitrogens with two attached hydrogens (primary N) is 2. The van der Waals surface area contributed by atoms with Gasteiger partial charge in [-0.2, -0.15) is 0 Å². The predicted octanol–water partition coefficient (Wildman–Crippen LogP) is 1.33. The number of allylic oxidation sites excluding steroid dienone is 2. The van der Waals surface area contributed by atoms with E-state index < -0.39 is 234 Å². The fourth-order valence-corrected chi connectivity index (χ4v) is 14.8. The molecule has 1 aliphatic heterocycles. The predicted molar refractivity (Wildman–Crippen MR) is 489 cm³/mol. The monoisotopic (exact) mass is 1870 g/mol. The van der Waals surface area contributed by atoms with Gasteiger partial charge in [-0.3, -0.25) is 81.5 Å². The molecule has 40 heteroatoms. The molecule has 5 rings (SSSR count). The third-order valence-electron chi connectivity index (χ3n) is 23.2. The molecule has 15 atom stereocenters. The number of carbonyl (C=O) groups is 17. The summed E-state index contributed by atoms with van der Waals surface area (Å²) in [5, 5.41) is 64.7. The lowest BCUT2D eigenvalue weighted by molar-refractivity contribution is -0.145. The number of carbonyl (C=O) groups excluding carboxylic acids is 16. The molecule has 3 aromatic carbocycles. The number of phenols is 1. The summed E-state index contributed by atoms with van der Waals surface area (Å²) in [5.74, 6) is -18.7. The molecular weight excluding hydrogens is 1730 g/mol. The molecule has 0 radical (unpaired) electrons. The molecule has 0 bridgehead atoms. The summed E-state index contributed by atoms with van der Waals surface area (Å²) in [5.41, 5.74) is 25.2. The maximum Gasteiger partial charge on any atom is 0.303 e. The van der Waals surface area contributed by atoms with Gasteiger partial charge >= 0.3 is 5.97 Å². The number of primary amides is 1. The number of benzene rings is 3. The van der Waals surface area contributed by atoms with Gasteiger partial charge in [-0.1, -0.05) is 95.5 Å². The molecule has 23 N–H and O–H groups in total. The molecule has 2 heterocycles. The average molecular weight is 1870 g/mol. The fourth-order valence-electron chi connectivity index (χ4n) is 14.8. The topological polar surface area (TPSA) is 607 Å². The van der Waals surface area contributed by atoms with E-state index in [0.717, 1.165) is 32.0 Å². The van der Waals surface area contributed by atoms with Crippen LogP contribution in [0.15, 0.2) is 85.1 Å².